The van der Waals surface area contributed by atoms with Crippen molar-refractivity contribution < 1.29 is 28.7 Å². The molecule has 4 aliphatic heterocycles. The fraction of sp³-hybridized carbons (Fsp3) is 0.480. The van der Waals surface area contributed by atoms with E-state index in [1.165, 1.54) is 26.3 Å². The van der Waals surface area contributed by atoms with Gasteiger partial charge in [0, 0.05) is 78.8 Å². The van der Waals surface area contributed by atoms with Crippen LogP contribution in [0.1, 0.15) is 127 Å². The first-order chi connectivity index (χ1) is 29.6. The highest BCUT2D eigenvalue weighted by molar-refractivity contribution is 6.31. The van der Waals surface area contributed by atoms with Crippen molar-refractivity contribution in [3.8, 4) is 23.7 Å². The Balaban J connectivity index is 0.736. The van der Waals surface area contributed by atoms with Crippen molar-refractivity contribution in [3.63, 3.8) is 0 Å². The molecule has 0 aromatic heterocycles. The standard InChI is InChI=1S/C50H52ClN5O6/c1-49(2)47(50(3,4)48(49)62-36-17-15-33(25-52)40(51)24-36)55-28-34-22-31(14-18-37(34)43(55)58)12-10-29-6-8-30(9-7-29)11-13-32-26-54(27-32)35-16-19-38-39(23-35)45(60)56(44(38)59)41-20-21-42(57)53(5)46(41)61/h14-19,22-24,29-30,32,41,47-48H,6-9,11,13,20-21,26-28H2,1-5H3. The Labute approximate surface area is 368 Å². The molecule has 0 N–H and O–H groups in total. The van der Waals surface area contributed by atoms with Crippen LogP contribution in [-0.2, 0) is 16.1 Å². The van der Waals surface area contributed by atoms with Crippen molar-refractivity contribution in [1.82, 2.24) is 14.7 Å². The van der Waals surface area contributed by atoms with E-state index in [0.29, 0.717) is 51.8 Å². The number of benzene rings is 3. The van der Waals surface area contributed by atoms with Crippen LogP contribution in [-0.4, -0.2) is 82.6 Å². The third kappa shape index (κ3) is 7.03. The molecule has 2 aliphatic carbocycles. The molecule has 1 unspecified atom stereocenters. The molecule has 3 aromatic rings. The van der Waals surface area contributed by atoms with Crippen LogP contribution in [0.15, 0.2) is 54.6 Å². The van der Waals surface area contributed by atoms with Crippen LogP contribution in [0.3, 0.4) is 0 Å². The van der Waals surface area contributed by atoms with E-state index in [1.807, 2.05) is 23.1 Å². The van der Waals surface area contributed by atoms with E-state index < -0.39 is 23.8 Å². The number of rotatable bonds is 8. The lowest BCUT2D eigenvalue weighted by Gasteiger charge is -2.65. The van der Waals surface area contributed by atoms with Gasteiger partial charge in [0.15, 0.2) is 0 Å². The van der Waals surface area contributed by atoms with E-state index in [1.54, 1.807) is 30.3 Å². The number of fused-ring (bicyclic) bond motifs is 2. The third-order valence-corrected chi connectivity index (χ3v) is 15.0. The number of piperidine rings is 1. The summed E-state index contributed by atoms with van der Waals surface area (Å²) in [6.07, 6.45) is 6.98. The Bertz CT molecular complexity index is 2500. The lowest BCUT2D eigenvalue weighted by atomic mass is 9.49. The highest BCUT2D eigenvalue weighted by atomic mass is 35.5. The zero-order valence-corrected chi connectivity index (χ0v) is 36.8. The summed E-state index contributed by atoms with van der Waals surface area (Å²) in [5, 5.41) is 9.63. The van der Waals surface area contributed by atoms with E-state index >= 15 is 0 Å². The van der Waals surface area contributed by atoms with Crippen molar-refractivity contribution in [2.45, 2.75) is 104 Å². The van der Waals surface area contributed by atoms with Crippen molar-refractivity contribution in [2.24, 2.45) is 28.6 Å². The van der Waals surface area contributed by atoms with Crippen LogP contribution in [0.4, 0.5) is 5.69 Å². The summed E-state index contributed by atoms with van der Waals surface area (Å²) in [6, 6.07) is 17.6. The minimum Gasteiger partial charge on any atom is -0.489 e. The number of likely N-dealkylation sites (N-methyl/N-ethyl adjacent to an activating group) is 1. The number of hydrogen-bond donors (Lipinski definition) is 0. The molecule has 12 heteroatoms. The van der Waals surface area contributed by atoms with Crippen molar-refractivity contribution in [3.05, 3.63) is 93.0 Å². The fourth-order valence-corrected chi connectivity index (χ4v) is 11.9. The summed E-state index contributed by atoms with van der Waals surface area (Å²) < 4.78 is 6.49. The number of amides is 5. The molecule has 1 atom stereocenters. The minimum absolute atomic E-state index is 0.0437. The second kappa shape index (κ2) is 15.6. The molecule has 6 aliphatic rings. The normalized spacial score (nSPS) is 26.3. The molecule has 2 saturated heterocycles. The second-order valence-corrected chi connectivity index (χ2v) is 19.9. The van der Waals surface area contributed by atoms with Crippen molar-refractivity contribution in [2.75, 3.05) is 25.0 Å². The van der Waals surface area contributed by atoms with Gasteiger partial charge >= 0.3 is 0 Å². The quantitative estimate of drug-likeness (QED) is 0.165. The largest absolute Gasteiger partial charge is 0.489 e. The van der Waals surface area contributed by atoms with Crippen LogP contribution >= 0.6 is 11.6 Å². The van der Waals surface area contributed by atoms with Crippen LogP contribution in [0, 0.1) is 51.8 Å². The number of likely N-dealkylation sites (tertiary alicyclic amines) is 1. The van der Waals surface area contributed by atoms with Crippen LogP contribution < -0.4 is 9.64 Å². The van der Waals surface area contributed by atoms with Gasteiger partial charge in [-0.15, -0.1) is 0 Å². The first-order valence-electron chi connectivity index (χ1n) is 22.0. The number of nitriles is 1. The summed E-state index contributed by atoms with van der Waals surface area (Å²) in [5.41, 5.74) is 4.00. The molecule has 9 rings (SSSR count). The van der Waals surface area contributed by atoms with Crippen LogP contribution in [0.25, 0.3) is 0 Å². The zero-order chi connectivity index (χ0) is 43.8. The van der Waals surface area contributed by atoms with E-state index in [2.05, 4.69) is 56.6 Å². The van der Waals surface area contributed by atoms with E-state index in [4.69, 9.17) is 16.3 Å². The Morgan fingerprint density at radius 3 is 2.19 bits per heavy atom. The molecular formula is C50H52ClN5O6. The molecule has 4 fully saturated rings. The Hall–Kier alpha value is -5.65. The van der Waals surface area contributed by atoms with Gasteiger partial charge in [0.2, 0.25) is 5.91 Å². The van der Waals surface area contributed by atoms with Gasteiger partial charge in [-0.25, -0.2) is 0 Å². The van der Waals surface area contributed by atoms with Crippen molar-refractivity contribution >= 4 is 46.8 Å². The molecule has 11 nitrogen and oxygen atoms in total. The number of carbonyl (C=O) groups excluding carboxylic acids is 5. The minimum atomic E-state index is -0.950. The number of imide groups is 2. The Morgan fingerprint density at radius 2 is 1.48 bits per heavy atom. The molecule has 4 heterocycles. The molecule has 3 aromatic carbocycles. The molecule has 62 heavy (non-hydrogen) atoms. The zero-order valence-electron chi connectivity index (χ0n) is 36.0. The van der Waals surface area contributed by atoms with Crippen molar-refractivity contribution in [1.29, 1.82) is 5.26 Å². The topological polar surface area (TPSA) is 131 Å². The fourth-order valence-electron chi connectivity index (χ4n) is 11.7. The van der Waals surface area contributed by atoms with Gasteiger partial charge in [0.1, 0.15) is 24.0 Å². The maximum Gasteiger partial charge on any atom is 0.262 e. The summed E-state index contributed by atoms with van der Waals surface area (Å²) >= 11 is 6.30. The predicted molar refractivity (Wildman–Crippen MR) is 233 cm³/mol. The van der Waals surface area contributed by atoms with E-state index in [0.717, 1.165) is 64.5 Å². The Kier molecular flexibility index (Phi) is 10.5. The predicted octanol–water partition coefficient (Wildman–Crippen LogP) is 7.87. The lowest BCUT2D eigenvalue weighted by molar-refractivity contribution is -0.199. The van der Waals surface area contributed by atoms with Gasteiger partial charge in [-0.05, 0) is 104 Å². The number of carbonyl (C=O) groups is 5. The van der Waals surface area contributed by atoms with Crippen LogP contribution in [0.2, 0.25) is 5.02 Å². The Morgan fingerprint density at radius 1 is 0.790 bits per heavy atom. The average molecular weight is 854 g/mol. The molecule has 2 saturated carbocycles. The smallest absolute Gasteiger partial charge is 0.262 e. The maximum absolute atomic E-state index is 13.8. The van der Waals surface area contributed by atoms with Gasteiger partial charge in [0.05, 0.1) is 21.7 Å². The maximum atomic E-state index is 13.8. The molecule has 0 spiro atoms. The first-order valence-corrected chi connectivity index (χ1v) is 22.3. The molecule has 5 amide bonds. The SMILES string of the molecule is CN1C(=O)CCC(N2C(=O)c3ccc(N4CC(CCC5CCC(C#Cc6ccc7c(c6)CN(C6C(C)(C)C(Oc8ccc(C#N)c(Cl)c8)C6(C)C)C7=O)CC5)C4)cc3C2=O)C1=O. The lowest BCUT2D eigenvalue weighted by Crippen LogP contribution is -2.74. The summed E-state index contributed by atoms with van der Waals surface area (Å²) in [4.78, 5) is 71.5. The third-order valence-electron chi connectivity index (χ3n) is 14.7. The van der Waals surface area contributed by atoms with Gasteiger partial charge in [0.25, 0.3) is 23.6 Å². The summed E-state index contributed by atoms with van der Waals surface area (Å²) in [5.74, 6) is 7.56. The highest BCUT2D eigenvalue weighted by Gasteiger charge is 2.67. The second-order valence-electron chi connectivity index (χ2n) is 19.5. The number of nitrogens with zero attached hydrogens (tertiary/aromatic N) is 5. The number of anilines is 1. The van der Waals surface area contributed by atoms with Gasteiger partial charge < -0.3 is 14.5 Å². The highest BCUT2D eigenvalue weighted by Crippen LogP contribution is 2.59. The van der Waals surface area contributed by atoms with Gasteiger partial charge in [-0.3, -0.25) is 33.8 Å². The van der Waals surface area contributed by atoms with Gasteiger partial charge in [-0.1, -0.05) is 57.6 Å². The van der Waals surface area contributed by atoms with E-state index in [9.17, 15) is 29.2 Å². The number of halogens is 1. The average Bonchev–Trinajstić information content (AvgIpc) is 3.67. The molecular weight excluding hydrogens is 802 g/mol. The first kappa shape index (κ1) is 41.7. The monoisotopic (exact) mass is 853 g/mol. The molecule has 0 bridgehead atoms. The molecule has 0 radical (unpaired) electrons. The number of hydrogen-bond acceptors (Lipinski definition) is 8. The van der Waals surface area contributed by atoms with E-state index in [-0.39, 0.29) is 47.6 Å². The number of ether oxygens (including phenoxy) is 1. The van der Waals surface area contributed by atoms with Crippen LogP contribution in [0.5, 0.6) is 5.75 Å². The molecule has 320 valence electrons. The van der Waals surface area contributed by atoms with Gasteiger partial charge in [-0.2, -0.15) is 5.26 Å². The summed E-state index contributed by atoms with van der Waals surface area (Å²) in [7, 11) is 1.40. The summed E-state index contributed by atoms with van der Waals surface area (Å²) in [6.45, 7) is 11.0.